The lowest BCUT2D eigenvalue weighted by Gasteiger charge is -2.11. The topological polar surface area (TPSA) is 53.2 Å². The zero-order chi connectivity index (χ0) is 15.4. The molecule has 2 aromatic rings. The Morgan fingerprint density at radius 1 is 1.33 bits per heavy atom. The summed E-state index contributed by atoms with van der Waals surface area (Å²) in [5.74, 6) is -0.0874. The number of aliphatic hydroxyl groups excluding tert-OH is 1. The van der Waals surface area contributed by atoms with E-state index in [1.807, 2.05) is 6.07 Å². The van der Waals surface area contributed by atoms with Crippen LogP contribution in [0.1, 0.15) is 29.7 Å². The van der Waals surface area contributed by atoms with E-state index in [-0.39, 0.29) is 12.2 Å². The Hall–Kier alpha value is -2.09. The van der Waals surface area contributed by atoms with Crippen LogP contribution < -0.4 is 4.74 Å². The zero-order valence-corrected chi connectivity index (χ0v) is 12.1. The summed E-state index contributed by atoms with van der Waals surface area (Å²) in [6.07, 6.45) is -0.618. The molecule has 0 spiro atoms. The Bertz CT molecular complexity index is 695. The van der Waals surface area contributed by atoms with Crippen LogP contribution in [0.2, 0.25) is 5.02 Å². The van der Waals surface area contributed by atoms with Gasteiger partial charge in [-0.2, -0.15) is 5.26 Å². The van der Waals surface area contributed by atoms with Crippen molar-refractivity contribution in [2.24, 2.45) is 0 Å². The maximum absolute atomic E-state index is 13.7. The second-order valence-electron chi connectivity index (χ2n) is 4.57. The summed E-state index contributed by atoms with van der Waals surface area (Å²) in [6.45, 7) is 1.64. The molecule has 0 aliphatic carbocycles. The minimum absolute atomic E-state index is 0.00525. The van der Waals surface area contributed by atoms with Crippen molar-refractivity contribution in [2.75, 3.05) is 0 Å². The van der Waals surface area contributed by atoms with E-state index in [1.54, 1.807) is 25.1 Å². The maximum Gasteiger partial charge on any atom is 0.138 e. The molecule has 0 saturated heterocycles. The second kappa shape index (κ2) is 6.57. The highest BCUT2D eigenvalue weighted by atomic mass is 35.5. The molecule has 0 saturated carbocycles. The molecule has 0 aliphatic rings. The van der Waals surface area contributed by atoms with Crippen molar-refractivity contribution in [1.29, 1.82) is 5.26 Å². The standard InChI is InChI=1S/C16H13ClFNO2/c1-10(20)12-4-5-16(14(17)7-12)21-9-13-3-2-11(8-19)6-15(13)18/h2-7,10,20H,9H2,1H3/t10-/m1/s1. The SMILES string of the molecule is C[C@@H](O)c1ccc(OCc2ccc(C#N)cc2F)c(Cl)c1. The summed E-state index contributed by atoms with van der Waals surface area (Å²) < 4.78 is 19.2. The highest BCUT2D eigenvalue weighted by Crippen LogP contribution is 2.28. The summed E-state index contributed by atoms with van der Waals surface area (Å²) in [6, 6.07) is 11.0. The lowest BCUT2D eigenvalue weighted by Crippen LogP contribution is -2.00. The molecule has 0 unspecified atom stereocenters. The largest absolute Gasteiger partial charge is 0.487 e. The van der Waals surface area contributed by atoms with Crippen LogP contribution in [0.5, 0.6) is 5.75 Å². The highest BCUT2D eigenvalue weighted by molar-refractivity contribution is 6.32. The maximum atomic E-state index is 13.7. The number of rotatable bonds is 4. The minimum Gasteiger partial charge on any atom is -0.487 e. The molecule has 0 radical (unpaired) electrons. The fraction of sp³-hybridized carbons (Fsp3) is 0.188. The molecule has 3 nitrogen and oxygen atoms in total. The summed E-state index contributed by atoms with van der Waals surface area (Å²) in [5, 5.41) is 18.5. The third kappa shape index (κ3) is 3.72. The van der Waals surface area contributed by atoms with E-state index < -0.39 is 11.9 Å². The average molecular weight is 306 g/mol. The van der Waals surface area contributed by atoms with Gasteiger partial charge < -0.3 is 9.84 Å². The first-order chi connectivity index (χ1) is 10.0. The first kappa shape index (κ1) is 15.3. The molecule has 108 valence electrons. The van der Waals surface area contributed by atoms with Gasteiger partial charge in [0.2, 0.25) is 0 Å². The molecule has 1 atom stereocenters. The predicted molar refractivity (Wildman–Crippen MR) is 77.5 cm³/mol. The van der Waals surface area contributed by atoms with Crippen molar-refractivity contribution in [3.63, 3.8) is 0 Å². The van der Waals surface area contributed by atoms with Crippen LogP contribution in [-0.4, -0.2) is 5.11 Å². The van der Waals surface area contributed by atoms with Crippen molar-refractivity contribution in [2.45, 2.75) is 19.6 Å². The average Bonchev–Trinajstić information content (AvgIpc) is 2.46. The Kier molecular flexibility index (Phi) is 4.79. The van der Waals surface area contributed by atoms with Crippen molar-refractivity contribution in [3.8, 4) is 11.8 Å². The second-order valence-corrected chi connectivity index (χ2v) is 4.98. The highest BCUT2D eigenvalue weighted by Gasteiger charge is 2.09. The van der Waals surface area contributed by atoms with Gasteiger partial charge in [0.25, 0.3) is 0 Å². The molecule has 5 heteroatoms. The van der Waals surface area contributed by atoms with Gasteiger partial charge in [-0.05, 0) is 36.8 Å². The lowest BCUT2D eigenvalue weighted by atomic mass is 10.1. The molecule has 0 fully saturated rings. The van der Waals surface area contributed by atoms with Gasteiger partial charge in [0, 0.05) is 5.56 Å². The Balaban J connectivity index is 2.12. The summed E-state index contributed by atoms with van der Waals surface area (Å²) >= 11 is 6.05. The molecule has 2 aromatic carbocycles. The normalized spacial score (nSPS) is 11.8. The number of hydrogen-bond acceptors (Lipinski definition) is 3. The number of benzene rings is 2. The molecule has 2 rings (SSSR count). The van der Waals surface area contributed by atoms with E-state index in [2.05, 4.69) is 0 Å². The van der Waals surface area contributed by atoms with Crippen LogP contribution in [0, 0.1) is 17.1 Å². The third-order valence-electron chi connectivity index (χ3n) is 3.00. The summed E-state index contributed by atoms with van der Waals surface area (Å²) in [7, 11) is 0. The van der Waals surface area contributed by atoms with Gasteiger partial charge in [-0.25, -0.2) is 4.39 Å². The van der Waals surface area contributed by atoms with Gasteiger partial charge in [-0.15, -0.1) is 0 Å². The van der Waals surface area contributed by atoms with Gasteiger partial charge in [0.1, 0.15) is 18.2 Å². The number of nitriles is 1. The third-order valence-corrected chi connectivity index (χ3v) is 3.30. The van der Waals surface area contributed by atoms with E-state index in [4.69, 9.17) is 21.6 Å². The summed E-state index contributed by atoms with van der Waals surface area (Å²) in [5.41, 5.74) is 1.28. The molecule has 0 bridgehead atoms. The van der Waals surface area contributed by atoms with Crippen molar-refractivity contribution in [1.82, 2.24) is 0 Å². The van der Waals surface area contributed by atoms with Gasteiger partial charge in [0.05, 0.1) is 22.8 Å². The van der Waals surface area contributed by atoms with Gasteiger partial charge >= 0.3 is 0 Å². The monoisotopic (exact) mass is 305 g/mol. The Morgan fingerprint density at radius 2 is 2.10 bits per heavy atom. The van der Waals surface area contributed by atoms with Crippen molar-refractivity contribution < 1.29 is 14.2 Å². The quantitative estimate of drug-likeness (QED) is 0.929. The predicted octanol–water partition coefficient (Wildman–Crippen LogP) is 3.98. The van der Waals surface area contributed by atoms with E-state index in [0.717, 1.165) is 6.07 Å². The lowest BCUT2D eigenvalue weighted by molar-refractivity contribution is 0.199. The molecule has 0 aromatic heterocycles. The van der Waals surface area contributed by atoms with Crippen LogP contribution in [0.4, 0.5) is 4.39 Å². The van der Waals surface area contributed by atoms with Crippen molar-refractivity contribution in [3.05, 3.63) is 63.9 Å². The number of ether oxygens (including phenoxy) is 1. The molecule has 0 heterocycles. The molecular formula is C16H13ClFNO2. The minimum atomic E-state index is -0.618. The van der Waals surface area contributed by atoms with Crippen molar-refractivity contribution >= 4 is 11.6 Å². The van der Waals surface area contributed by atoms with E-state index in [9.17, 15) is 9.50 Å². The number of hydrogen-bond donors (Lipinski definition) is 1. The molecular weight excluding hydrogens is 293 g/mol. The van der Waals surface area contributed by atoms with Crippen LogP contribution in [0.15, 0.2) is 36.4 Å². The summed E-state index contributed by atoms with van der Waals surface area (Å²) in [4.78, 5) is 0. The Labute approximate surface area is 127 Å². The number of aliphatic hydroxyl groups is 1. The number of halogens is 2. The molecule has 1 N–H and O–H groups in total. The van der Waals surface area contributed by atoms with Gasteiger partial charge in [-0.3, -0.25) is 0 Å². The van der Waals surface area contributed by atoms with Gasteiger partial charge in [-0.1, -0.05) is 23.7 Å². The zero-order valence-electron chi connectivity index (χ0n) is 11.3. The molecule has 0 aliphatic heterocycles. The Morgan fingerprint density at radius 3 is 2.67 bits per heavy atom. The smallest absolute Gasteiger partial charge is 0.138 e. The fourth-order valence-electron chi connectivity index (χ4n) is 1.78. The number of nitrogens with zero attached hydrogens (tertiary/aromatic N) is 1. The van der Waals surface area contributed by atoms with E-state index >= 15 is 0 Å². The van der Waals surface area contributed by atoms with Gasteiger partial charge in [0.15, 0.2) is 0 Å². The molecule has 0 amide bonds. The van der Waals surface area contributed by atoms with Crippen LogP contribution in [-0.2, 0) is 6.61 Å². The van der Waals surface area contributed by atoms with Crippen LogP contribution >= 0.6 is 11.6 Å². The first-order valence-corrected chi connectivity index (χ1v) is 6.68. The fourth-order valence-corrected chi connectivity index (χ4v) is 2.03. The van der Waals surface area contributed by atoms with Crippen LogP contribution in [0.25, 0.3) is 0 Å². The molecule has 21 heavy (non-hydrogen) atoms. The van der Waals surface area contributed by atoms with E-state index in [0.29, 0.717) is 21.9 Å². The first-order valence-electron chi connectivity index (χ1n) is 6.30. The van der Waals surface area contributed by atoms with Crippen LogP contribution in [0.3, 0.4) is 0 Å². The van der Waals surface area contributed by atoms with E-state index in [1.165, 1.54) is 12.1 Å².